The number of ether oxygens (including phenoxy) is 1. The Hall–Kier alpha value is -3.38. The molecule has 1 fully saturated rings. The van der Waals surface area contributed by atoms with Crippen molar-refractivity contribution in [1.29, 1.82) is 0 Å². The summed E-state index contributed by atoms with van der Waals surface area (Å²) in [6.45, 7) is 7.01. The molecular weight excluding hydrogens is 386 g/mol. The molecule has 0 unspecified atom stereocenters. The van der Waals surface area contributed by atoms with Gasteiger partial charge in [0, 0.05) is 54.6 Å². The van der Waals surface area contributed by atoms with Crippen molar-refractivity contribution >= 4 is 16.7 Å². The van der Waals surface area contributed by atoms with Crippen molar-refractivity contribution in [1.82, 2.24) is 20.1 Å². The van der Waals surface area contributed by atoms with E-state index < -0.39 is 0 Å². The van der Waals surface area contributed by atoms with E-state index in [1.165, 1.54) is 5.69 Å². The van der Waals surface area contributed by atoms with E-state index in [9.17, 15) is 0 Å². The highest BCUT2D eigenvalue weighted by molar-refractivity contribution is 5.93. The van der Waals surface area contributed by atoms with Crippen molar-refractivity contribution in [2.24, 2.45) is 0 Å². The molecule has 6 heteroatoms. The predicted octanol–water partition coefficient (Wildman–Crippen LogP) is 4.44. The second-order valence-corrected chi connectivity index (χ2v) is 7.99. The number of rotatable bonds is 5. The van der Waals surface area contributed by atoms with E-state index in [4.69, 9.17) is 4.74 Å². The standard InChI is InChI=1S/C25H27N5O/c1-3-31-22-10-6-19(7-11-22)24-23-16-20(17-26-25(23)28-27-24)18-4-8-21(9-5-18)30-14-12-29(2)13-15-30/h4-11,16-17H,3,12-15H2,1-2H3,(H,26,27,28). The minimum absolute atomic E-state index is 0.658. The third-order valence-electron chi connectivity index (χ3n) is 5.92. The normalized spacial score (nSPS) is 14.8. The lowest BCUT2D eigenvalue weighted by Gasteiger charge is -2.34. The van der Waals surface area contributed by atoms with Gasteiger partial charge in [-0.15, -0.1) is 0 Å². The second-order valence-electron chi connectivity index (χ2n) is 7.99. The van der Waals surface area contributed by atoms with Crippen LogP contribution in [0.2, 0.25) is 0 Å². The Morgan fingerprint density at radius 2 is 1.61 bits per heavy atom. The monoisotopic (exact) mass is 413 g/mol. The Morgan fingerprint density at radius 3 is 2.32 bits per heavy atom. The van der Waals surface area contributed by atoms with Crippen molar-refractivity contribution in [3.8, 4) is 28.1 Å². The van der Waals surface area contributed by atoms with Gasteiger partial charge in [0.2, 0.25) is 0 Å². The number of likely N-dealkylation sites (N-methyl/N-ethyl adjacent to an activating group) is 1. The molecule has 0 atom stereocenters. The lowest BCUT2D eigenvalue weighted by molar-refractivity contribution is 0.313. The van der Waals surface area contributed by atoms with Crippen LogP contribution in [0.1, 0.15) is 6.92 Å². The number of aromatic amines is 1. The summed E-state index contributed by atoms with van der Waals surface area (Å²) in [5.74, 6) is 0.866. The molecule has 3 heterocycles. The van der Waals surface area contributed by atoms with Crippen LogP contribution in [0.15, 0.2) is 60.8 Å². The van der Waals surface area contributed by atoms with Crippen molar-refractivity contribution in [3.05, 3.63) is 60.8 Å². The van der Waals surface area contributed by atoms with E-state index in [-0.39, 0.29) is 0 Å². The van der Waals surface area contributed by atoms with Crippen LogP contribution in [0.4, 0.5) is 5.69 Å². The molecule has 1 aliphatic rings. The van der Waals surface area contributed by atoms with Crippen LogP contribution in [0.5, 0.6) is 5.75 Å². The highest BCUT2D eigenvalue weighted by Crippen LogP contribution is 2.31. The fraction of sp³-hybridized carbons (Fsp3) is 0.280. The fourth-order valence-electron chi connectivity index (χ4n) is 4.09. The summed E-state index contributed by atoms with van der Waals surface area (Å²) in [7, 11) is 2.18. The van der Waals surface area contributed by atoms with E-state index in [0.717, 1.165) is 65.3 Å². The zero-order valence-electron chi connectivity index (χ0n) is 18.0. The van der Waals surface area contributed by atoms with E-state index in [2.05, 4.69) is 62.4 Å². The van der Waals surface area contributed by atoms with E-state index in [1.807, 2.05) is 37.4 Å². The first-order valence-electron chi connectivity index (χ1n) is 10.8. The molecule has 1 saturated heterocycles. The first-order chi connectivity index (χ1) is 15.2. The van der Waals surface area contributed by atoms with Crippen LogP contribution < -0.4 is 9.64 Å². The summed E-state index contributed by atoms with van der Waals surface area (Å²) in [5, 5.41) is 8.59. The summed E-state index contributed by atoms with van der Waals surface area (Å²) in [6.07, 6.45) is 1.91. The molecule has 1 N–H and O–H groups in total. The van der Waals surface area contributed by atoms with Gasteiger partial charge in [-0.05, 0) is 62.0 Å². The molecule has 6 nitrogen and oxygen atoms in total. The number of piperazine rings is 1. The molecule has 0 saturated carbocycles. The predicted molar refractivity (Wildman–Crippen MR) is 126 cm³/mol. The van der Waals surface area contributed by atoms with E-state index >= 15 is 0 Å². The molecule has 2 aromatic carbocycles. The largest absolute Gasteiger partial charge is 0.494 e. The van der Waals surface area contributed by atoms with E-state index in [0.29, 0.717) is 6.61 Å². The highest BCUT2D eigenvalue weighted by atomic mass is 16.5. The summed E-state index contributed by atoms with van der Waals surface area (Å²) >= 11 is 0. The van der Waals surface area contributed by atoms with Gasteiger partial charge in [-0.25, -0.2) is 4.98 Å². The van der Waals surface area contributed by atoms with Crippen LogP contribution in [0.3, 0.4) is 0 Å². The van der Waals surface area contributed by atoms with Crippen molar-refractivity contribution in [2.75, 3.05) is 44.7 Å². The minimum Gasteiger partial charge on any atom is -0.494 e. The maximum absolute atomic E-state index is 5.55. The Kier molecular flexibility index (Phi) is 5.30. The quantitative estimate of drug-likeness (QED) is 0.524. The van der Waals surface area contributed by atoms with Gasteiger partial charge in [-0.1, -0.05) is 12.1 Å². The van der Waals surface area contributed by atoms with Gasteiger partial charge in [0.15, 0.2) is 5.65 Å². The lowest BCUT2D eigenvalue weighted by atomic mass is 10.0. The first kappa shape index (κ1) is 19.6. The number of H-pyrrole nitrogens is 1. The smallest absolute Gasteiger partial charge is 0.155 e. The average Bonchev–Trinajstić information content (AvgIpc) is 3.24. The third-order valence-corrected chi connectivity index (χ3v) is 5.92. The minimum atomic E-state index is 0.658. The molecule has 158 valence electrons. The van der Waals surface area contributed by atoms with Gasteiger partial charge in [-0.3, -0.25) is 5.10 Å². The van der Waals surface area contributed by atoms with Crippen LogP contribution in [0.25, 0.3) is 33.4 Å². The van der Waals surface area contributed by atoms with Crippen molar-refractivity contribution in [2.45, 2.75) is 6.92 Å². The van der Waals surface area contributed by atoms with E-state index in [1.54, 1.807) is 0 Å². The molecule has 4 aromatic rings. The van der Waals surface area contributed by atoms with Crippen LogP contribution >= 0.6 is 0 Å². The molecule has 2 aromatic heterocycles. The SMILES string of the molecule is CCOc1ccc(-c2n[nH]c3ncc(-c4ccc(N5CCN(C)CC5)cc4)cc23)cc1. The van der Waals surface area contributed by atoms with Gasteiger partial charge in [-0.2, -0.15) is 5.10 Å². The Labute approximate surface area is 182 Å². The molecule has 0 radical (unpaired) electrons. The number of hydrogen-bond acceptors (Lipinski definition) is 5. The Balaban J connectivity index is 1.42. The second kappa shape index (κ2) is 8.40. The number of hydrogen-bond donors (Lipinski definition) is 1. The summed E-state index contributed by atoms with van der Waals surface area (Å²) in [5.41, 5.74) is 6.27. The van der Waals surface area contributed by atoms with Gasteiger partial charge in [0.05, 0.1) is 6.61 Å². The fourth-order valence-corrected chi connectivity index (χ4v) is 4.09. The van der Waals surface area contributed by atoms with Crippen molar-refractivity contribution < 1.29 is 4.74 Å². The molecule has 0 amide bonds. The first-order valence-corrected chi connectivity index (χ1v) is 10.8. The number of aromatic nitrogens is 3. The lowest BCUT2D eigenvalue weighted by Crippen LogP contribution is -2.44. The summed E-state index contributed by atoms with van der Waals surface area (Å²) in [4.78, 5) is 9.44. The molecule has 31 heavy (non-hydrogen) atoms. The van der Waals surface area contributed by atoms with Crippen LogP contribution in [-0.2, 0) is 0 Å². The van der Waals surface area contributed by atoms with Crippen molar-refractivity contribution in [3.63, 3.8) is 0 Å². The zero-order chi connectivity index (χ0) is 21.2. The number of pyridine rings is 1. The molecule has 0 spiro atoms. The average molecular weight is 414 g/mol. The number of nitrogens with one attached hydrogen (secondary N) is 1. The van der Waals surface area contributed by atoms with Crippen LogP contribution in [0, 0.1) is 0 Å². The van der Waals surface area contributed by atoms with Gasteiger partial charge in [0.1, 0.15) is 11.4 Å². The van der Waals surface area contributed by atoms with Gasteiger partial charge in [0.25, 0.3) is 0 Å². The number of benzene rings is 2. The topological polar surface area (TPSA) is 57.3 Å². The maximum Gasteiger partial charge on any atom is 0.155 e. The molecule has 5 rings (SSSR count). The van der Waals surface area contributed by atoms with Crippen LogP contribution in [-0.4, -0.2) is 59.9 Å². The molecular formula is C25H27N5O. The van der Waals surface area contributed by atoms with Gasteiger partial charge < -0.3 is 14.5 Å². The summed E-state index contributed by atoms with van der Waals surface area (Å²) < 4.78 is 5.55. The number of nitrogens with zero attached hydrogens (tertiary/aromatic N) is 4. The number of fused-ring (bicyclic) bond motifs is 1. The Morgan fingerprint density at radius 1 is 0.903 bits per heavy atom. The highest BCUT2D eigenvalue weighted by Gasteiger charge is 2.15. The Bertz CT molecular complexity index is 1160. The molecule has 1 aliphatic heterocycles. The maximum atomic E-state index is 5.55. The number of anilines is 1. The molecule has 0 bridgehead atoms. The van der Waals surface area contributed by atoms with Gasteiger partial charge >= 0.3 is 0 Å². The third kappa shape index (κ3) is 3.99. The summed E-state index contributed by atoms with van der Waals surface area (Å²) in [6, 6.07) is 19.0. The zero-order valence-corrected chi connectivity index (χ0v) is 18.0. The molecule has 0 aliphatic carbocycles.